The third kappa shape index (κ3) is 5.54. The molecule has 2 aromatic rings. The normalized spacial score (nSPS) is 41.7. The fourth-order valence-electron chi connectivity index (χ4n) is 14.8. The fraction of sp³-hybridized carbons (Fsp3) is 0.673. The second kappa shape index (κ2) is 13.0. The number of hydrogen-bond acceptors (Lipinski definition) is 6. The number of carboxylic acids is 1. The quantitative estimate of drug-likeness (QED) is 0.136. The van der Waals surface area contributed by atoms with E-state index in [1.807, 2.05) is 32.0 Å². The number of ether oxygens (including phenoxy) is 1. The molecule has 0 bridgehead atoms. The second-order valence-electron chi connectivity index (χ2n) is 21.1. The molecule has 2 aromatic carbocycles. The van der Waals surface area contributed by atoms with Crippen molar-refractivity contribution in [1.82, 2.24) is 0 Å². The summed E-state index contributed by atoms with van der Waals surface area (Å²) in [5.74, 6) is 1.95. The SMILES string of the molecule is CC(=O)OC1CCC2C3CCc4cc(O)ccc4C3CCC12C.Cc1c(O)c(O)cc2c1CC=C1C2(C)CCC2(C)C3CC(C)(C(=O)O)CCC3(C)CCC12C. The van der Waals surface area contributed by atoms with Crippen LogP contribution in [-0.2, 0) is 32.6 Å². The van der Waals surface area contributed by atoms with Gasteiger partial charge in [0.25, 0.3) is 0 Å². The van der Waals surface area contributed by atoms with E-state index < -0.39 is 11.4 Å². The zero-order valence-electron chi connectivity index (χ0n) is 35.2. The summed E-state index contributed by atoms with van der Waals surface area (Å²) in [6.45, 7) is 17.4. The van der Waals surface area contributed by atoms with E-state index in [0.29, 0.717) is 29.4 Å². The van der Waals surface area contributed by atoms with Gasteiger partial charge >= 0.3 is 11.9 Å². The Balaban J connectivity index is 0.000000168. The van der Waals surface area contributed by atoms with Crippen LogP contribution < -0.4 is 0 Å². The van der Waals surface area contributed by atoms with Gasteiger partial charge in [-0.25, -0.2) is 0 Å². The number of esters is 1. The number of fused-ring (bicyclic) bond motifs is 12. The molecule has 7 aliphatic carbocycles. The third-order valence-corrected chi connectivity index (χ3v) is 18.5. The van der Waals surface area contributed by atoms with E-state index in [9.17, 15) is 30.0 Å². The summed E-state index contributed by atoms with van der Waals surface area (Å²) in [6, 6.07) is 7.75. The molecule has 7 heteroatoms. The van der Waals surface area contributed by atoms with E-state index in [0.717, 1.165) is 81.8 Å². The van der Waals surface area contributed by atoms with Gasteiger partial charge in [0.05, 0.1) is 5.41 Å². The smallest absolute Gasteiger partial charge is 0.309 e. The first-order valence-corrected chi connectivity index (χ1v) is 21.7. The molecule has 0 spiro atoms. The molecule has 304 valence electrons. The lowest BCUT2D eigenvalue weighted by Gasteiger charge is -2.69. The van der Waals surface area contributed by atoms with Gasteiger partial charge in [0.1, 0.15) is 11.9 Å². The molecule has 0 radical (unpaired) electrons. The molecule has 11 unspecified atom stereocenters. The number of aryl methyl sites for hydroxylation is 1. The summed E-state index contributed by atoms with van der Waals surface area (Å²) in [7, 11) is 0. The molecule has 4 N–H and O–H groups in total. The van der Waals surface area contributed by atoms with Crippen molar-refractivity contribution in [3.05, 3.63) is 63.7 Å². The number of allylic oxidation sites excluding steroid dienone is 2. The van der Waals surface area contributed by atoms with Crippen molar-refractivity contribution < 1.29 is 34.8 Å². The minimum atomic E-state index is -0.641. The Morgan fingerprint density at radius 3 is 2.29 bits per heavy atom. The van der Waals surface area contributed by atoms with Crippen molar-refractivity contribution in [2.75, 3.05) is 0 Å². The molecule has 56 heavy (non-hydrogen) atoms. The van der Waals surface area contributed by atoms with Crippen LogP contribution in [0.3, 0.4) is 0 Å². The molecule has 7 nitrogen and oxygen atoms in total. The number of aromatic hydroxyl groups is 3. The predicted molar refractivity (Wildman–Crippen MR) is 218 cm³/mol. The highest BCUT2D eigenvalue weighted by atomic mass is 16.5. The minimum absolute atomic E-state index is 0.00431. The summed E-state index contributed by atoms with van der Waals surface area (Å²) in [4.78, 5) is 23.7. The van der Waals surface area contributed by atoms with Crippen LogP contribution in [0.2, 0.25) is 0 Å². The van der Waals surface area contributed by atoms with Crippen LogP contribution in [0.15, 0.2) is 35.9 Å². The molecule has 0 amide bonds. The lowest BCUT2D eigenvalue weighted by atomic mass is 9.34. The Kier molecular flexibility index (Phi) is 9.14. The first kappa shape index (κ1) is 39.4. The molecule has 0 saturated heterocycles. The second-order valence-corrected chi connectivity index (χ2v) is 21.1. The molecule has 0 aliphatic heterocycles. The summed E-state index contributed by atoms with van der Waals surface area (Å²) in [5, 5.41) is 40.7. The molecule has 0 aromatic heterocycles. The third-order valence-electron chi connectivity index (χ3n) is 18.5. The number of carbonyl (C=O) groups is 2. The van der Waals surface area contributed by atoms with Crippen molar-refractivity contribution in [2.45, 2.75) is 163 Å². The highest BCUT2D eigenvalue weighted by molar-refractivity contribution is 5.74. The van der Waals surface area contributed by atoms with Crippen LogP contribution in [0.4, 0.5) is 0 Å². The van der Waals surface area contributed by atoms with Gasteiger partial charge in [-0.1, -0.05) is 52.3 Å². The number of carboxylic acid groups (broad SMARTS) is 1. The molecule has 5 fully saturated rings. The van der Waals surface area contributed by atoms with Crippen LogP contribution >= 0.6 is 0 Å². The van der Waals surface area contributed by atoms with Crippen molar-refractivity contribution >= 4 is 11.9 Å². The number of benzene rings is 2. The van der Waals surface area contributed by atoms with Gasteiger partial charge in [-0.05, 0) is 190 Å². The Labute approximate surface area is 334 Å². The highest BCUT2D eigenvalue weighted by Crippen LogP contribution is 2.75. The van der Waals surface area contributed by atoms with Gasteiger partial charge in [-0.3, -0.25) is 9.59 Å². The number of phenolic OH excluding ortho intramolecular Hbond substituents is 3. The van der Waals surface area contributed by atoms with Gasteiger partial charge < -0.3 is 25.2 Å². The lowest BCUT2D eigenvalue weighted by molar-refractivity contribution is -0.177. The average Bonchev–Trinajstić information content (AvgIpc) is 3.47. The van der Waals surface area contributed by atoms with Gasteiger partial charge in [0.15, 0.2) is 11.5 Å². The number of hydrogen-bond donors (Lipinski definition) is 4. The zero-order valence-corrected chi connectivity index (χ0v) is 35.2. The first-order chi connectivity index (χ1) is 26.2. The van der Waals surface area contributed by atoms with Gasteiger partial charge in [-0.15, -0.1) is 0 Å². The summed E-state index contributed by atoms with van der Waals surface area (Å²) < 4.78 is 5.68. The van der Waals surface area contributed by atoms with Crippen molar-refractivity contribution in [2.24, 2.45) is 44.8 Å². The van der Waals surface area contributed by atoms with Crippen molar-refractivity contribution in [3.63, 3.8) is 0 Å². The van der Waals surface area contributed by atoms with Crippen LogP contribution in [0.25, 0.3) is 0 Å². The number of carbonyl (C=O) groups excluding carboxylic acids is 1. The van der Waals surface area contributed by atoms with E-state index in [2.05, 4.69) is 46.8 Å². The first-order valence-electron chi connectivity index (χ1n) is 21.7. The van der Waals surface area contributed by atoms with E-state index >= 15 is 0 Å². The molecule has 9 rings (SSSR count). The Bertz CT molecular complexity index is 2000. The molecule has 11 atom stereocenters. The largest absolute Gasteiger partial charge is 0.508 e. The van der Waals surface area contributed by atoms with Crippen LogP contribution in [0, 0.1) is 51.8 Å². The maximum absolute atomic E-state index is 12.3. The Morgan fingerprint density at radius 2 is 1.57 bits per heavy atom. The van der Waals surface area contributed by atoms with E-state index in [4.69, 9.17) is 4.74 Å². The fourth-order valence-corrected chi connectivity index (χ4v) is 14.8. The summed E-state index contributed by atoms with van der Waals surface area (Å²) in [5.41, 5.74) is 6.95. The van der Waals surface area contributed by atoms with Crippen molar-refractivity contribution in [1.29, 1.82) is 0 Å². The van der Waals surface area contributed by atoms with Gasteiger partial charge in [0, 0.05) is 17.8 Å². The number of phenols is 3. The molecule has 0 heterocycles. The van der Waals surface area contributed by atoms with E-state index in [-0.39, 0.29) is 50.6 Å². The topological polar surface area (TPSA) is 124 Å². The predicted octanol–water partition coefficient (Wildman–Crippen LogP) is 10.8. The standard InChI is InChI=1S/C29H40O4.C20H26O3/c1-17-18-7-8-21-27(4,19(18)15-20(30)23(17)31)12-14-29(6)22-16-26(3,24(32)33)10-9-25(22,2)11-13-28(21,29)5;1-12(21)23-19-8-7-18-17-5-3-13-11-14(22)4-6-15(13)16(17)9-10-20(18,19)2/h8,15,22,30-31H,7,9-14,16H2,1-6H3,(H,32,33);4,6,11,16-19,22H,3,5,7-10H2,1-2H3. The molecular weight excluding hydrogens is 701 g/mol. The minimum Gasteiger partial charge on any atom is -0.508 e. The molecule has 5 saturated carbocycles. The average molecular weight is 767 g/mol. The number of rotatable bonds is 2. The van der Waals surface area contributed by atoms with Crippen LogP contribution in [-0.4, -0.2) is 38.5 Å². The molecule has 7 aliphatic rings. The summed E-state index contributed by atoms with van der Waals surface area (Å²) in [6.07, 6.45) is 16.9. The Hall–Kier alpha value is -3.48. The zero-order chi connectivity index (χ0) is 40.4. The van der Waals surface area contributed by atoms with Crippen LogP contribution in [0.5, 0.6) is 17.2 Å². The maximum Gasteiger partial charge on any atom is 0.309 e. The Morgan fingerprint density at radius 1 is 0.839 bits per heavy atom. The van der Waals surface area contributed by atoms with Gasteiger partial charge in [-0.2, -0.15) is 0 Å². The monoisotopic (exact) mass is 766 g/mol. The van der Waals surface area contributed by atoms with Crippen molar-refractivity contribution in [3.8, 4) is 17.2 Å². The van der Waals surface area contributed by atoms with E-state index in [1.165, 1.54) is 48.4 Å². The van der Waals surface area contributed by atoms with Crippen LogP contribution in [0.1, 0.15) is 159 Å². The van der Waals surface area contributed by atoms with Gasteiger partial charge in [0.2, 0.25) is 0 Å². The lowest BCUT2D eigenvalue weighted by Crippen LogP contribution is -2.62. The highest BCUT2D eigenvalue weighted by Gasteiger charge is 2.67. The van der Waals surface area contributed by atoms with E-state index in [1.54, 1.807) is 0 Å². The maximum atomic E-state index is 12.3. The summed E-state index contributed by atoms with van der Waals surface area (Å²) >= 11 is 0. The molecular formula is C49H66O7. The number of aliphatic carboxylic acids is 1.